The van der Waals surface area contributed by atoms with Crippen molar-refractivity contribution in [2.24, 2.45) is 11.7 Å². The molecule has 0 bridgehead atoms. The summed E-state index contributed by atoms with van der Waals surface area (Å²) in [4.78, 5) is 4.05. The summed E-state index contributed by atoms with van der Waals surface area (Å²) >= 11 is 0. The summed E-state index contributed by atoms with van der Waals surface area (Å²) in [6, 6.07) is 3.99. The van der Waals surface area contributed by atoms with Gasteiger partial charge in [0.15, 0.2) is 0 Å². The lowest BCUT2D eigenvalue weighted by Gasteiger charge is -2.08. The molecular weight excluding hydrogens is 136 g/mol. The molecule has 2 nitrogen and oxygen atoms in total. The lowest BCUT2D eigenvalue weighted by atomic mass is 10.1. The van der Waals surface area contributed by atoms with Gasteiger partial charge in [0.05, 0.1) is 0 Å². The van der Waals surface area contributed by atoms with Crippen LogP contribution in [0.3, 0.4) is 0 Å². The fourth-order valence-corrected chi connectivity index (χ4v) is 1.49. The van der Waals surface area contributed by atoms with Crippen molar-refractivity contribution in [3.63, 3.8) is 0 Å². The number of nitrogens with two attached hydrogens (primary N) is 1. The number of pyridine rings is 1. The Hall–Kier alpha value is -0.890. The van der Waals surface area contributed by atoms with Crippen LogP contribution < -0.4 is 5.73 Å². The van der Waals surface area contributed by atoms with Crippen molar-refractivity contribution >= 4 is 0 Å². The van der Waals surface area contributed by atoms with Gasteiger partial charge in [-0.3, -0.25) is 4.98 Å². The van der Waals surface area contributed by atoms with Gasteiger partial charge >= 0.3 is 0 Å². The Labute approximate surface area is 66.4 Å². The monoisotopic (exact) mass is 148 g/mol. The topological polar surface area (TPSA) is 38.9 Å². The van der Waals surface area contributed by atoms with Crippen LogP contribution in [0.5, 0.6) is 0 Å². The first-order valence-corrected chi connectivity index (χ1v) is 3.93. The second-order valence-corrected chi connectivity index (χ2v) is 3.39. The Bertz CT molecular complexity index is 258. The third-order valence-corrected chi connectivity index (χ3v) is 2.56. The molecule has 0 amide bonds. The van der Waals surface area contributed by atoms with E-state index < -0.39 is 0 Å². The molecule has 0 aliphatic heterocycles. The average molecular weight is 148 g/mol. The molecule has 1 aliphatic carbocycles. The third-order valence-electron chi connectivity index (χ3n) is 2.56. The number of hydrogen-bond donors (Lipinski definition) is 1. The van der Waals surface area contributed by atoms with Crippen LogP contribution >= 0.6 is 0 Å². The molecule has 11 heavy (non-hydrogen) atoms. The first-order valence-electron chi connectivity index (χ1n) is 3.93. The van der Waals surface area contributed by atoms with Crippen molar-refractivity contribution < 1.29 is 0 Å². The van der Waals surface area contributed by atoms with Gasteiger partial charge in [-0.1, -0.05) is 13.0 Å². The van der Waals surface area contributed by atoms with E-state index in [1.54, 1.807) is 6.20 Å². The van der Waals surface area contributed by atoms with Gasteiger partial charge in [-0.25, -0.2) is 0 Å². The number of aromatic nitrogens is 1. The molecule has 58 valence electrons. The molecule has 1 fully saturated rings. The highest BCUT2D eigenvalue weighted by molar-refractivity contribution is 5.28. The van der Waals surface area contributed by atoms with Gasteiger partial charge in [0.25, 0.3) is 0 Å². The summed E-state index contributed by atoms with van der Waals surface area (Å²) in [6.07, 6.45) is 4.74. The van der Waals surface area contributed by atoms with Crippen LogP contribution in [0.25, 0.3) is 0 Å². The average Bonchev–Trinajstić information content (AvgIpc) is 2.64. The molecule has 2 rings (SSSR count). The van der Waals surface area contributed by atoms with Crippen LogP contribution in [0.1, 0.15) is 18.9 Å². The summed E-state index contributed by atoms with van der Waals surface area (Å²) in [6.45, 7) is 2.17. The van der Waals surface area contributed by atoms with Crippen LogP contribution in [0.15, 0.2) is 24.5 Å². The van der Waals surface area contributed by atoms with Gasteiger partial charge in [0.1, 0.15) is 0 Å². The maximum absolute atomic E-state index is 6.07. The molecule has 1 saturated carbocycles. The van der Waals surface area contributed by atoms with Crippen molar-refractivity contribution in [3.05, 3.63) is 30.1 Å². The number of nitrogens with zero attached hydrogens (tertiary/aromatic N) is 1. The highest BCUT2D eigenvalue weighted by Crippen LogP contribution is 2.48. The summed E-state index contributed by atoms with van der Waals surface area (Å²) in [5.41, 5.74) is 7.18. The second-order valence-electron chi connectivity index (χ2n) is 3.39. The quantitative estimate of drug-likeness (QED) is 0.651. The zero-order valence-electron chi connectivity index (χ0n) is 6.62. The van der Waals surface area contributed by atoms with E-state index in [-0.39, 0.29) is 5.54 Å². The maximum Gasteiger partial charge on any atom is 0.0455 e. The van der Waals surface area contributed by atoms with E-state index >= 15 is 0 Å². The summed E-state index contributed by atoms with van der Waals surface area (Å²) in [5.74, 6) is 0.617. The molecule has 2 atom stereocenters. The van der Waals surface area contributed by atoms with Gasteiger partial charge in [-0.05, 0) is 24.0 Å². The maximum atomic E-state index is 6.07. The van der Waals surface area contributed by atoms with E-state index in [0.29, 0.717) is 5.92 Å². The Morgan fingerprint density at radius 1 is 1.73 bits per heavy atom. The summed E-state index contributed by atoms with van der Waals surface area (Å²) in [7, 11) is 0. The molecular formula is C9H12N2. The fraction of sp³-hybridized carbons (Fsp3) is 0.444. The molecule has 2 heteroatoms. The molecule has 0 radical (unpaired) electrons. The van der Waals surface area contributed by atoms with Crippen molar-refractivity contribution in [1.29, 1.82) is 0 Å². The normalized spacial score (nSPS) is 35.3. The van der Waals surface area contributed by atoms with Gasteiger partial charge in [-0.15, -0.1) is 0 Å². The molecule has 0 saturated heterocycles. The number of rotatable bonds is 1. The van der Waals surface area contributed by atoms with Crippen molar-refractivity contribution in [3.8, 4) is 0 Å². The van der Waals surface area contributed by atoms with E-state index in [1.165, 1.54) is 5.56 Å². The van der Waals surface area contributed by atoms with Crippen molar-refractivity contribution in [1.82, 2.24) is 4.98 Å². The second kappa shape index (κ2) is 2.05. The Balaban J connectivity index is 2.32. The molecule has 1 aromatic rings. The molecule has 0 aromatic carbocycles. The van der Waals surface area contributed by atoms with Crippen molar-refractivity contribution in [2.75, 3.05) is 0 Å². The molecule has 1 heterocycles. The largest absolute Gasteiger partial charge is 0.321 e. The van der Waals surface area contributed by atoms with Crippen LogP contribution in [-0.4, -0.2) is 4.98 Å². The Morgan fingerprint density at radius 2 is 2.45 bits per heavy atom. The van der Waals surface area contributed by atoms with Gasteiger partial charge in [-0.2, -0.15) is 0 Å². The van der Waals surface area contributed by atoms with Gasteiger partial charge in [0, 0.05) is 17.9 Å². The summed E-state index contributed by atoms with van der Waals surface area (Å²) < 4.78 is 0. The van der Waals surface area contributed by atoms with Crippen molar-refractivity contribution in [2.45, 2.75) is 18.9 Å². The first kappa shape index (κ1) is 6.80. The van der Waals surface area contributed by atoms with E-state index in [9.17, 15) is 0 Å². The minimum absolute atomic E-state index is 0.0612. The third kappa shape index (κ3) is 0.942. The molecule has 1 aliphatic rings. The molecule has 2 unspecified atom stereocenters. The number of hydrogen-bond acceptors (Lipinski definition) is 2. The van der Waals surface area contributed by atoms with E-state index in [2.05, 4.69) is 18.0 Å². The lowest BCUT2D eigenvalue weighted by Crippen LogP contribution is -2.21. The predicted molar refractivity (Wildman–Crippen MR) is 43.9 cm³/mol. The SMILES string of the molecule is CC1CC1(N)c1cccnc1. The predicted octanol–water partition coefficient (Wildman–Crippen LogP) is 1.28. The van der Waals surface area contributed by atoms with Crippen LogP contribution in [0.2, 0.25) is 0 Å². The standard InChI is InChI=1S/C9H12N2/c1-7-5-9(7,10)8-3-2-4-11-6-8/h2-4,6-7H,5,10H2,1H3. The fourth-order valence-electron chi connectivity index (χ4n) is 1.49. The van der Waals surface area contributed by atoms with Crippen LogP contribution in [0, 0.1) is 5.92 Å². The van der Waals surface area contributed by atoms with Crippen LogP contribution in [-0.2, 0) is 5.54 Å². The highest BCUT2D eigenvalue weighted by atomic mass is 14.9. The summed E-state index contributed by atoms with van der Waals surface area (Å²) in [5, 5.41) is 0. The molecule has 0 spiro atoms. The highest BCUT2D eigenvalue weighted by Gasteiger charge is 2.48. The van der Waals surface area contributed by atoms with E-state index in [4.69, 9.17) is 5.73 Å². The van der Waals surface area contributed by atoms with Crippen LogP contribution in [0.4, 0.5) is 0 Å². The zero-order chi connectivity index (χ0) is 7.90. The minimum Gasteiger partial charge on any atom is -0.321 e. The van der Waals surface area contributed by atoms with E-state index in [1.807, 2.05) is 12.3 Å². The molecule has 2 N–H and O–H groups in total. The first-order chi connectivity index (χ1) is 5.23. The zero-order valence-corrected chi connectivity index (χ0v) is 6.62. The smallest absolute Gasteiger partial charge is 0.0455 e. The Kier molecular flexibility index (Phi) is 1.26. The van der Waals surface area contributed by atoms with Gasteiger partial charge < -0.3 is 5.73 Å². The minimum atomic E-state index is -0.0612. The van der Waals surface area contributed by atoms with E-state index in [0.717, 1.165) is 6.42 Å². The van der Waals surface area contributed by atoms with Gasteiger partial charge in [0.2, 0.25) is 0 Å². The Morgan fingerprint density at radius 3 is 2.91 bits per heavy atom. The molecule has 1 aromatic heterocycles. The lowest BCUT2D eigenvalue weighted by molar-refractivity contribution is 0.661.